The number of benzene rings is 1. The first-order chi connectivity index (χ1) is 14.7. The largest absolute Gasteiger partial charge is 0.469 e. The summed E-state index contributed by atoms with van der Waals surface area (Å²) in [5, 5.41) is 0.875. The van der Waals surface area contributed by atoms with Crippen molar-refractivity contribution in [2.45, 2.75) is 47.1 Å². The second kappa shape index (κ2) is 9.20. The Morgan fingerprint density at radius 1 is 1.06 bits per heavy atom. The third-order valence-corrected chi connectivity index (χ3v) is 5.68. The van der Waals surface area contributed by atoms with E-state index in [9.17, 15) is 14.4 Å². The molecule has 3 aromatic rings. The van der Waals surface area contributed by atoms with Crippen molar-refractivity contribution < 1.29 is 28.3 Å². The quantitative estimate of drug-likeness (QED) is 0.400. The predicted octanol–water partition coefficient (Wildman–Crippen LogP) is 4.00. The Morgan fingerprint density at radius 3 is 2.52 bits per heavy atom. The van der Waals surface area contributed by atoms with Crippen molar-refractivity contribution in [1.82, 2.24) is 4.57 Å². The number of furan rings is 1. The van der Waals surface area contributed by atoms with E-state index in [0.29, 0.717) is 12.1 Å². The van der Waals surface area contributed by atoms with Gasteiger partial charge in [-0.05, 0) is 44.9 Å². The van der Waals surface area contributed by atoms with Gasteiger partial charge in [0.05, 0.1) is 26.2 Å². The van der Waals surface area contributed by atoms with E-state index in [1.807, 2.05) is 37.5 Å². The standard InChI is InChI=1S/C24H27NO6/c1-14-6-7-19-18(12-31-24(19)16(14)3)11-23(28)30-13-21(26)20-10-15(2)25(17(20)4)9-8-22(27)29-5/h6-7,10,12H,8-9,11,13H2,1-5H3. The minimum Gasteiger partial charge on any atom is -0.469 e. The highest BCUT2D eigenvalue weighted by Crippen LogP contribution is 2.27. The third kappa shape index (κ3) is 4.71. The molecule has 7 heteroatoms. The number of methoxy groups -OCH3 is 1. The van der Waals surface area contributed by atoms with Gasteiger partial charge in [-0.2, -0.15) is 0 Å². The maximum atomic E-state index is 12.6. The molecular formula is C24H27NO6. The summed E-state index contributed by atoms with van der Waals surface area (Å²) >= 11 is 0. The molecule has 0 saturated carbocycles. The van der Waals surface area contributed by atoms with E-state index < -0.39 is 5.97 Å². The monoisotopic (exact) mass is 425 g/mol. The lowest BCUT2D eigenvalue weighted by Gasteiger charge is -2.09. The summed E-state index contributed by atoms with van der Waals surface area (Å²) in [5.74, 6) is -1.09. The van der Waals surface area contributed by atoms with Crippen LogP contribution in [-0.2, 0) is 32.0 Å². The van der Waals surface area contributed by atoms with Crippen molar-refractivity contribution in [2.24, 2.45) is 0 Å². The SMILES string of the molecule is COC(=O)CCn1c(C)cc(C(=O)COC(=O)Cc2coc3c(C)c(C)ccc23)c1C. The van der Waals surface area contributed by atoms with E-state index in [1.54, 1.807) is 19.3 Å². The molecule has 1 aromatic carbocycles. The summed E-state index contributed by atoms with van der Waals surface area (Å²) in [4.78, 5) is 36.4. The van der Waals surface area contributed by atoms with Crippen LogP contribution in [0.1, 0.15) is 44.9 Å². The molecule has 7 nitrogen and oxygen atoms in total. The molecule has 0 N–H and O–H groups in total. The second-order valence-electron chi connectivity index (χ2n) is 7.67. The van der Waals surface area contributed by atoms with Crippen LogP contribution < -0.4 is 0 Å². The fourth-order valence-electron chi connectivity index (χ4n) is 3.69. The summed E-state index contributed by atoms with van der Waals surface area (Å²) in [6, 6.07) is 5.66. The molecule has 31 heavy (non-hydrogen) atoms. The van der Waals surface area contributed by atoms with Crippen LogP contribution in [0.15, 0.2) is 28.9 Å². The van der Waals surface area contributed by atoms with Gasteiger partial charge in [0, 0.05) is 34.4 Å². The zero-order chi connectivity index (χ0) is 22.7. The molecule has 0 fully saturated rings. The van der Waals surface area contributed by atoms with Crippen molar-refractivity contribution in [1.29, 1.82) is 0 Å². The van der Waals surface area contributed by atoms with Crippen LogP contribution in [0.5, 0.6) is 0 Å². The fraction of sp³-hybridized carbons (Fsp3) is 0.375. The van der Waals surface area contributed by atoms with Crippen LogP contribution in [0, 0.1) is 27.7 Å². The number of esters is 2. The Bertz CT molecular complexity index is 1150. The normalized spacial score (nSPS) is 11.0. The van der Waals surface area contributed by atoms with Crippen molar-refractivity contribution in [3.05, 3.63) is 58.1 Å². The van der Waals surface area contributed by atoms with Gasteiger partial charge in [0.25, 0.3) is 0 Å². The second-order valence-corrected chi connectivity index (χ2v) is 7.67. The lowest BCUT2D eigenvalue weighted by molar-refractivity contribution is -0.142. The zero-order valence-electron chi connectivity index (χ0n) is 18.5. The van der Waals surface area contributed by atoms with E-state index in [0.717, 1.165) is 39.0 Å². The van der Waals surface area contributed by atoms with Gasteiger partial charge < -0.3 is 18.5 Å². The first-order valence-corrected chi connectivity index (χ1v) is 10.1. The Labute approximate surface area is 180 Å². The number of hydrogen-bond donors (Lipinski definition) is 0. The number of aryl methyl sites for hydroxylation is 3. The lowest BCUT2D eigenvalue weighted by atomic mass is 10.0. The summed E-state index contributed by atoms with van der Waals surface area (Å²) in [6.07, 6.45) is 1.81. The number of fused-ring (bicyclic) bond motifs is 1. The average Bonchev–Trinajstić information content (AvgIpc) is 3.28. The van der Waals surface area contributed by atoms with Crippen LogP contribution in [0.25, 0.3) is 11.0 Å². The number of nitrogens with zero attached hydrogens (tertiary/aromatic N) is 1. The molecule has 0 unspecified atom stereocenters. The number of hydrogen-bond acceptors (Lipinski definition) is 6. The van der Waals surface area contributed by atoms with E-state index in [-0.39, 0.29) is 31.2 Å². The highest BCUT2D eigenvalue weighted by Gasteiger charge is 2.19. The van der Waals surface area contributed by atoms with Crippen LogP contribution in [0.4, 0.5) is 0 Å². The van der Waals surface area contributed by atoms with E-state index in [1.165, 1.54) is 7.11 Å². The molecule has 0 atom stereocenters. The number of carbonyl (C=O) groups is 3. The first kappa shape index (κ1) is 22.3. The molecule has 0 aliphatic heterocycles. The maximum Gasteiger partial charge on any atom is 0.310 e. The smallest absolute Gasteiger partial charge is 0.310 e. The summed E-state index contributed by atoms with van der Waals surface area (Å²) in [6.45, 7) is 7.73. The van der Waals surface area contributed by atoms with Crippen LogP contribution in [0.2, 0.25) is 0 Å². The van der Waals surface area contributed by atoms with Gasteiger partial charge in [-0.15, -0.1) is 0 Å². The molecule has 0 amide bonds. The van der Waals surface area contributed by atoms with Gasteiger partial charge in [-0.3, -0.25) is 14.4 Å². The lowest BCUT2D eigenvalue weighted by Crippen LogP contribution is -2.16. The van der Waals surface area contributed by atoms with Gasteiger partial charge in [0.15, 0.2) is 6.61 Å². The fourth-order valence-corrected chi connectivity index (χ4v) is 3.69. The number of carbonyl (C=O) groups excluding carboxylic acids is 3. The number of ether oxygens (including phenoxy) is 2. The third-order valence-electron chi connectivity index (χ3n) is 5.68. The van der Waals surface area contributed by atoms with Gasteiger partial charge in [0.1, 0.15) is 5.58 Å². The molecule has 2 heterocycles. The molecule has 3 rings (SSSR count). The number of Topliss-reactive ketones (excluding diaryl/α,β-unsaturated/α-hetero) is 1. The number of rotatable bonds is 8. The Morgan fingerprint density at radius 2 is 1.81 bits per heavy atom. The zero-order valence-corrected chi connectivity index (χ0v) is 18.5. The van der Waals surface area contributed by atoms with Gasteiger partial charge in [0.2, 0.25) is 5.78 Å². The molecule has 2 aromatic heterocycles. The van der Waals surface area contributed by atoms with Gasteiger partial charge >= 0.3 is 11.9 Å². The molecule has 0 radical (unpaired) electrons. The molecular weight excluding hydrogens is 398 g/mol. The first-order valence-electron chi connectivity index (χ1n) is 10.1. The van der Waals surface area contributed by atoms with E-state index in [4.69, 9.17) is 9.15 Å². The molecule has 164 valence electrons. The maximum absolute atomic E-state index is 12.6. The van der Waals surface area contributed by atoms with Crippen molar-refractivity contribution in [2.75, 3.05) is 13.7 Å². The summed E-state index contributed by atoms with van der Waals surface area (Å²) in [5.41, 5.74) is 5.71. The molecule has 0 bridgehead atoms. The Hall–Kier alpha value is -3.35. The molecule has 0 aliphatic carbocycles. The highest BCUT2D eigenvalue weighted by molar-refractivity contribution is 5.99. The van der Waals surface area contributed by atoms with Crippen molar-refractivity contribution in [3.8, 4) is 0 Å². The molecule has 0 spiro atoms. The van der Waals surface area contributed by atoms with Crippen LogP contribution >= 0.6 is 0 Å². The average molecular weight is 425 g/mol. The van der Waals surface area contributed by atoms with Gasteiger partial charge in [-0.25, -0.2) is 0 Å². The molecule has 0 aliphatic rings. The number of ketones is 1. The van der Waals surface area contributed by atoms with Crippen LogP contribution in [0.3, 0.4) is 0 Å². The number of aromatic nitrogens is 1. The Kier molecular flexibility index (Phi) is 6.63. The van der Waals surface area contributed by atoms with Crippen LogP contribution in [-0.4, -0.2) is 36.0 Å². The predicted molar refractivity (Wildman–Crippen MR) is 115 cm³/mol. The summed E-state index contributed by atoms with van der Waals surface area (Å²) in [7, 11) is 1.34. The van der Waals surface area contributed by atoms with Crippen molar-refractivity contribution >= 4 is 28.7 Å². The topological polar surface area (TPSA) is 87.7 Å². The van der Waals surface area contributed by atoms with E-state index in [2.05, 4.69) is 4.74 Å². The highest BCUT2D eigenvalue weighted by atomic mass is 16.5. The van der Waals surface area contributed by atoms with E-state index >= 15 is 0 Å². The summed E-state index contributed by atoms with van der Waals surface area (Å²) < 4.78 is 17.4. The molecule has 0 saturated heterocycles. The minimum absolute atomic E-state index is 0.0287. The minimum atomic E-state index is -0.492. The van der Waals surface area contributed by atoms with Gasteiger partial charge in [-0.1, -0.05) is 12.1 Å². The Balaban J connectivity index is 1.63. The van der Waals surface area contributed by atoms with Crippen molar-refractivity contribution in [3.63, 3.8) is 0 Å².